The van der Waals surface area contributed by atoms with E-state index in [1.807, 2.05) is 12.1 Å². The SMILES string of the molecule is FC(F)(F)Oc1ccc(NCCc2cccnc2)cc1Br. The van der Waals surface area contributed by atoms with Gasteiger partial charge in [-0.25, -0.2) is 0 Å². The van der Waals surface area contributed by atoms with Crippen LogP contribution in [0.15, 0.2) is 47.2 Å². The summed E-state index contributed by atoms with van der Waals surface area (Å²) in [5, 5.41) is 3.13. The zero-order valence-corrected chi connectivity index (χ0v) is 12.4. The van der Waals surface area contributed by atoms with E-state index in [0.717, 1.165) is 12.0 Å². The molecule has 0 aliphatic carbocycles. The van der Waals surface area contributed by atoms with E-state index < -0.39 is 6.36 Å². The number of ether oxygens (including phenoxy) is 1. The zero-order chi connectivity index (χ0) is 15.3. The molecule has 0 saturated carbocycles. The maximum Gasteiger partial charge on any atom is 0.573 e. The van der Waals surface area contributed by atoms with Gasteiger partial charge in [0, 0.05) is 24.6 Å². The third kappa shape index (κ3) is 5.26. The molecule has 0 aliphatic rings. The van der Waals surface area contributed by atoms with Gasteiger partial charge in [0.05, 0.1) is 4.47 Å². The van der Waals surface area contributed by atoms with Crippen molar-refractivity contribution in [2.75, 3.05) is 11.9 Å². The first kappa shape index (κ1) is 15.6. The molecule has 0 spiro atoms. The quantitative estimate of drug-likeness (QED) is 0.858. The van der Waals surface area contributed by atoms with Crippen LogP contribution in [0.3, 0.4) is 0 Å². The molecule has 0 unspecified atom stereocenters. The van der Waals surface area contributed by atoms with Gasteiger partial charge >= 0.3 is 6.36 Å². The summed E-state index contributed by atoms with van der Waals surface area (Å²) in [5.41, 5.74) is 1.79. The largest absolute Gasteiger partial charge is 0.573 e. The van der Waals surface area contributed by atoms with Crippen LogP contribution in [-0.2, 0) is 6.42 Å². The number of alkyl halides is 3. The molecule has 0 radical (unpaired) electrons. The first-order chi connectivity index (χ1) is 9.94. The van der Waals surface area contributed by atoms with Crippen LogP contribution >= 0.6 is 15.9 Å². The monoisotopic (exact) mass is 360 g/mol. The summed E-state index contributed by atoms with van der Waals surface area (Å²) in [6, 6.07) is 8.17. The number of pyridine rings is 1. The standard InChI is InChI=1S/C14H12BrF3N2O/c15-12-8-11(3-4-13(12)21-14(16,17)18)20-7-5-10-2-1-6-19-9-10/h1-4,6,8-9,20H,5,7H2. The van der Waals surface area contributed by atoms with Crippen LogP contribution in [0.5, 0.6) is 5.75 Å². The number of benzene rings is 1. The molecule has 0 amide bonds. The lowest BCUT2D eigenvalue weighted by Crippen LogP contribution is -2.17. The first-order valence-electron chi connectivity index (χ1n) is 6.12. The van der Waals surface area contributed by atoms with Crippen molar-refractivity contribution in [2.24, 2.45) is 0 Å². The third-order valence-electron chi connectivity index (χ3n) is 2.62. The van der Waals surface area contributed by atoms with Crippen molar-refractivity contribution < 1.29 is 17.9 Å². The Balaban J connectivity index is 1.91. The Hall–Kier alpha value is -1.76. The molecule has 7 heteroatoms. The molecule has 112 valence electrons. The van der Waals surface area contributed by atoms with E-state index >= 15 is 0 Å². The molecule has 0 bridgehead atoms. The number of rotatable bonds is 5. The van der Waals surface area contributed by atoms with E-state index in [2.05, 4.69) is 31.0 Å². The number of aromatic nitrogens is 1. The minimum atomic E-state index is -4.70. The highest BCUT2D eigenvalue weighted by Crippen LogP contribution is 2.32. The Morgan fingerprint density at radius 3 is 2.67 bits per heavy atom. The van der Waals surface area contributed by atoms with Gasteiger partial charge in [-0.05, 0) is 52.2 Å². The molecule has 21 heavy (non-hydrogen) atoms. The van der Waals surface area contributed by atoms with Crippen LogP contribution in [0.2, 0.25) is 0 Å². The van der Waals surface area contributed by atoms with Gasteiger partial charge in [0.25, 0.3) is 0 Å². The van der Waals surface area contributed by atoms with Crippen LogP contribution in [0.4, 0.5) is 18.9 Å². The van der Waals surface area contributed by atoms with E-state index in [1.54, 1.807) is 18.5 Å². The number of nitrogens with zero attached hydrogens (tertiary/aromatic N) is 1. The van der Waals surface area contributed by atoms with Crippen molar-refractivity contribution in [1.82, 2.24) is 4.98 Å². The van der Waals surface area contributed by atoms with Gasteiger partial charge in [-0.1, -0.05) is 6.07 Å². The second-order valence-corrected chi connectivity index (χ2v) is 5.09. The van der Waals surface area contributed by atoms with E-state index in [9.17, 15) is 13.2 Å². The van der Waals surface area contributed by atoms with Crippen LogP contribution in [0, 0.1) is 0 Å². The fourth-order valence-electron chi connectivity index (χ4n) is 1.72. The topological polar surface area (TPSA) is 34.1 Å². The number of hydrogen-bond acceptors (Lipinski definition) is 3. The summed E-state index contributed by atoms with van der Waals surface area (Å²) in [4.78, 5) is 4.01. The van der Waals surface area contributed by atoms with Crippen LogP contribution in [0.25, 0.3) is 0 Å². The van der Waals surface area contributed by atoms with Crippen molar-refractivity contribution in [1.29, 1.82) is 0 Å². The second-order valence-electron chi connectivity index (χ2n) is 4.23. The summed E-state index contributed by atoms with van der Waals surface area (Å²) in [5.74, 6) is -0.264. The number of nitrogens with one attached hydrogen (secondary N) is 1. The van der Waals surface area contributed by atoms with Gasteiger partial charge in [-0.15, -0.1) is 13.2 Å². The van der Waals surface area contributed by atoms with Crippen LogP contribution in [0.1, 0.15) is 5.56 Å². The van der Waals surface area contributed by atoms with E-state index in [4.69, 9.17) is 0 Å². The lowest BCUT2D eigenvalue weighted by Gasteiger charge is -2.12. The van der Waals surface area contributed by atoms with Gasteiger partial charge in [0.15, 0.2) is 0 Å². The molecular formula is C14H12BrF3N2O. The highest BCUT2D eigenvalue weighted by Gasteiger charge is 2.31. The summed E-state index contributed by atoms with van der Waals surface area (Å²) >= 11 is 3.06. The molecule has 1 N–H and O–H groups in total. The molecule has 0 aliphatic heterocycles. The summed E-state index contributed by atoms with van der Waals surface area (Å²) in [6.07, 6.45) is -0.449. The lowest BCUT2D eigenvalue weighted by molar-refractivity contribution is -0.274. The summed E-state index contributed by atoms with van der Waals surface area (Å²) in [7, 11) is 0. The molecular weight excluding hydrogens is 349 g/mol. The van der Waals surface area contributed by atoms with Gasteiger partial charge < -0.3 is 10.1 Å². The van der Waals surface area contributed by atoms with Gasteiger partial charge in [-0.2, -0.15) is 0 Å². The normalized spacial score (nSPS) is 11.2. The van der Waals surface area contributed by atoms with Gasteiger partial charge in [0.2, 0.25) is 0 Å². The minimum Gasteiger partial charge on any atom is -0.405 e. The molecule has 2 aromatic rings. The molecule has 0 atom stereocenters. The predicted octanol–water partition coefficient (Wildman–Crippen LogP) is 4.40. The van der Waals surface area contributed by atoms with Crippen molar-refractivity contribution in [3.63, 3.8) is 0 Å². The van der Waals surface area contributed by atoms with E-state index in [-0.39, 0.29) is 10.2 Å². The maximum absolute atomic E-state index is 12.1. The molecule has 0 fully saturated rings. The van der Waals surface area contributed by atoms with Crippen molar-refractivity contribution >= 4 is 21.6 Å². The van der Waals surface area contributed by atoms with Crippen molar-refractivity contribution in [3.8, 4) is 5.75 Å². The molecule has 1 aromatic heterocycles. The predicted molar refractivity (Wildman–Crippen MR) is 77.3 cm³/mol. The summed E-state index contributed by atoms with van der Waals surface area (Å²) < 4.78 is 40.6. The Bertz CT molecular complexity index is 591. The molecule has 1 heterocycles. The molecule has 1 aromatic carbocycles. The maximum atomic E-state index is 12.1. The average molecular weight is 361 g/mol. The lowest BCUT2D eigenvalue weighted by atomic mass is 10.2. The summed E-state index contributed by atoms with van der Waals surface area (Å²) in [6.45, 7) is 0.650. The van der Waals surface area contributed by atoms with Crippen LogP contribution < -0.4 is 10.1 Å². The van der Waals surface area contributed by atoms with Gasteiger partial charge in [0.1, 0.15) is 5.75 Å². The average Bonchev–Trinajstić information content (AvgIpc) is 2.42. The van der Waals surface area contributed by atoms with Crippen molar-refractivity contribution in [3.05, 3.63) is 52.8 Å². The Kier molecular flexibility index (Phi) is 5.06. The number of halogens is 4. The molecule has 0 saturated heterocycles. The smallest absolute Gasteiger partial charge is 0.405 e. The Morgan fingerprint density at radius 1 is 1.24 bits per heavy atom. The Morgan fingerprint density at radius 2 is 2.05 bits per heavy atom. The fraction of sp³-hybridized carbons (Fsp3) is 0.214. The molecule has 2 rings (SSSR count). The second kappa shape index (κ2) is 6.80. The van der Waals surface area contributed by atoms with E-state index in [1.165, 1.54) is 12.1 Å². The Labute approximate surface area is 128 Å². The highest BCUT2D eigenvalue weighted by atomic mass is 79.9. The fourth-order valence-corrected chi connectivity index (χ4v) is 2.18. The van der Waals surface area contributed by atoms with E-state index in [0.29, 0.717) is 12.2 Å². The van der Waals surface area contributed by atoms with Crippen LogP contribution in [-0.4, -0.2) is 17.9 Å². The highest BCUT2D eigenvalue weighted by molar-refractivity contribution is 9.10. The zero-order valence-electron chi connectivity index (χ0n) is 10.8. The number of hydrogen-bond donors (Lipinski definition) is 1. The first-order valence-corrected chi connectivity index (χ1v) is 6.91. The minimum absolute atomic E-state index is 0.242. The van der Waals surface area contributed by atoms with Gasteiger partial charge in [-0.3, -0.25) is 4.98 Å². The van der Waals surface area contributed by atoms with Crippen molar-refractivity contribution in [2.45, 2.75) is 12.8 Å². The number of anilines is 1. The molecule has 3 nitrogen and oxygen atoms in total. The third-order valence-corrected chi connectivity index (χ3v) is 3.24.